The molecule has 2 atom stereocenters. The highest BCUT2D eigenvalue weighted by Gasteiger charge is 2.26. The number of thioether (sulfide) groups is 1. The molecule has 0 saturated carbocycles. The van der Waals surface area contributed by atoms with Crippen LogP contribution in [0.15, 0.2) is 58.9 Å². The summed E-state index contributed by atoms with van der Waals surface area (Å²) in [4.78, 5) is 35.0. The molecule has 14 heteroatoms. The van der Waals surface area contributed by atoms with Crippen molar-refractivity contribution in [2.45, 2.75) is 49.6 Å². The third kappa shape index (κ3) is 8.88. The number of carbonyl (C=O) groups is 2. The van der Waals surface area contributed by atoms with Crippen LogP contribution in [0.5, 0.6) is 5.75 Å². The first kappa shape index (κ1) is 35.6. The van der Waals surface area contributed by atoms with Crippen molar-refractivity contribution in [3.8, 4) is 39.6 Å². The molecule has 252 valence electrons. The fraction of sp³-hybridized carbons (Fsp3) is 0.314. The van der Waals surface area contributed by atoms with Crippen LogP contribution < -0.4 is 20.3 Å². The van der Waals surface area contributed by atoms with Gasteiger partial charge in [0.05, 0.1) is 17.3 Å². The summed E-state index contributed by atoms with van der Waals surface area (Å²) in [5, 5.41) is 39.3. The van der Waals surface area contributed by atoms with Crippen LogP contribution >= 0.6 is 34.7 Å². The van der Waals surface area contributed by atoms with Crippen molar-refractivity contribution in [1.82, 2.24) is 20.6 Å². The molecule has 3 N–H and O–H groups in total. The highest BCUT2D eigenvalue weighted by molar-refractivity contribution is 7.98. The first-order valence-corrected chi connectivity index (χ1v) is 17.9. The molecule has 0 bridgehead atoms. The van der Waals surface area contributed by atoms with Crippen molar-refractivity contribution in [2.24, 2.45) is 0 Å². The fourth-order valence-corrected chi connectivity index (χ4v) is 7.14. The topological polar surface area (TPSA) is 164 Å². The van der Waals surface area contributed by atoms with E-state index in [0.717, 1.165) is 42.2 Å². The van der Waals surface area contributed by atoms with E-state index >= 15 is 0 Å². The maximum atomic E-state index is 12.2. The lowest BCUT2D eigenvalue weighted by molar-refractivity contribution is -0.141. The maximum Gasteiger partial charge on any atom is 0.325 e. The lowest BCUT2D eigenvalue weighted by Crippen LogP contribution is -2.48. The number of nitrogens with one attached hydrogen (secondary N) is 2. The molecule has 49 heavy (non-hydrogen) atoms. The number of carboxylic acids is 1. The number of thiazole rings is 1. The molecule has 0 radical (unpaired) electrons. The summed E-state index contributed by atoms with van der Waals surface area (Å²) >= 11 is 9.01. The molecule has 1 aliphatic heterocycles. The van der Waals surface area contributed by atoms with Crippen LogP contribution in [-0.4, -0.2) is 65.3 Å². The second-order valence-electron chi connectivity index (χ2n) is 11.3. The van der Waals surface area contributed by atoms with Crippen LogP contribution in [0, 0.1) is 22.7 Å². The number of hydrogen-bond donors (Lipinski definition) is 3. The van der Waals surface area contributed by atoms with Gasteiger partial charge >= 0.3 is 5.97 Å². The monoisotopic (exact) mass is 715 g/mol. The maximum absolute atomic E-state index is 12.2. The minimum Gasteiger partial charge on any atom is -0.492 e. The molecule has 2 aromatic carbocycles. The first-order valence-electron chi connectivity index (χ1n) is 15.6. The minimum absolute atomic E-state index is 0.254. The van der Waals surface area contributed by atoms with Gasteiger partial charge in [0.15, 0.2) is 0 Å². The third-order valence-electron chi connectivity index (χ3n) is 7.86. The Morgan fingerprint density at radius 1 is 1.02 bits per heavy atom. The first-order chi connectivity index (χ1) is 23.7. The van der Waals surface area contributed by atoms with Gasteiger partial charge in [0.2, 0.25) is 5.91 Å². The van der Waals surface area contributed by atoms with E-state index in [9.17, 15) is 20.1 Å². The van der Waals surface area contributed by atoms with Crippen LogP contribution in [0.4, 0.5) is 5.82 Å². The number of nitrogens with zero attached hydrogens (tertiary/aromatic N) is 5. The van der Waals surface area contributed by atoms with Crippen molar-refractivity contribution < 1.29 is 19.4 Å². The molecule has 2 aromatic heterocycles. The van der Waals surface area contributed by atoms with Gasteiger partial charge in [-0.1, -0.05) is 47.6 Å². The van der Waals surface area contributed by atoms with Gasteiger partial charge in [-0.25, -0.2) is 9.97 Å². The summed E-state index contributed by atoms with van der Waals surface area (Å²) in [5.41, 5.74) is 3.77. The van der Waals surface area contributed by atoms with Crippen LogP contribution in [0.2, 0.25) is 5.02 Å². The zero-order valence-electron chi connectivity index (χ0n) is 26.9. The summed E-state index contributed by atoms with van der Waals surface area (Å²) in [6.07, 6.45) is 2.00. The molecule has 1 fully saturated rings. The fourth-order valence-electron chi connectivity index (χ4n) is 5.21. The number of aromatic nitrogens is 2. The molecule has 1 amide bonds. The number of aliphatic carboxylic acids is 1. The average Bonchev–Trinajstić information content (AvgIpc) is 3.82. The van der Waals surface area contributed by atoms with Crippen LogP contribution in [0.25, 0.3) is 21.7 Å². The second kappa shape index (κ2) is 16.6. The van der Waals surface area contributed by atoms with E-state index in [1.54, 1.807) is 19.1 Å². The summed E-state index contributed by atoms with van der Waals surface area (Å²) in [6.45, 7) is 5.22. The molecular weight excluding hydrogens is 682 g/mol. The quantitative estimate of drug-likeness (QED) is 0.102. The van der Waals surface area contributed by atoms with E-state index < -0.39 is 24.0 Å². The molecule has 1 saturated heterocycles. The number of hydrogen-bond acceptors (Lipinski definition) is 11. The van der Waals surface area contributed by atoms with E-state index in [-0.39, 0.29) is 6.61 Å². The van der Waals surface area contributed by atoms with Crippen molar-refractivity contribution in [2.75, 3.05) is 31.1 Å². The van der Waals surface area contributed by atoms with Gasteiger partial charge in [-0.2, -0.15) is 10.5 Å². The number of rotatable bonds is 14. The molecule has 1 aliphatic rings. The Balaban J connectivity index is 1.33. The predicted octanol–water partition coefficient (Wildman–Crippen LogP) is 6.11. The molecule has 0 spiro atoms. The van der Waals surface area contributed by atoms with E-state index in [1.165, 1.54) is 30.0 Å². The summed E-state index contributed by atoms with van der Waals surface area (Å²) < 4.78 is 5.86. The van der Waals surface area contributed by atoms with Crippen LogP contribution in [0.3, 0.4) is 0 Å². The Labute approximate surface area is 297 Å². The van der Waals surface area contributed by atoms with Gasteiger partial charge in [0.25, 0.3) is 0 Å². The van der Waals surface area contributed by atoms with E-state index in [4.69, 9.17) is 31.4 Å². The number of ether oxygens (including phenoxy) is 1. The van der Waals surface area contributed by atoms with Gasteiger partial charge in [0.1, 0.15) is 52.0 Å². The molecule has 3 heterocycles. The Morgan fingerprint density at radius 2 is 1.69 bits per heavy atom. The number of benzene rings is 2. The number of amides is 1. The molecule has 11 nitrogen and oxygen atoms in total. The van der Waals surface area contributed by atoms with E-state index in [0.29, 0.717) is 56.2 Å². The zero-order chi connectivity index (χ0) is 34.9. The zero-order valence-corrected chi connectivity index (χ0v) is 29.3. The van der Waals surface area contributed by atoms with Crippen molar-refractivity contribution in [3.63, 3.8) is 0 Å². The van der Waals surface area contributed by atoms with Gasteiger partial charge in [-0.05, 0) is 56.5 Å². The SMILES string of the molecule is C[C@H](NC(=O)[C@H](C)NCCOc1ccc(-c2c(C#N)c(SCc3csc(-c4ccc(Cl)cc4)n3)nc(N3CCCC3)c2C#N)cc1)C(=O)O. The Kier molecular flexibility index (Phi) is 12.1. The minimum atomic E-state index is -1.11. The van der Waals surface area contributed by atoms with Crippen molar-refractivity contribution in [1.29, 1.82) is 10.5 Å². The number of pyridine rings is 1. The molecular formula is C35H34ClN7O4S2. The Morgan fingerprint density at radius 3 is 2.35 bits per heavy atom. The number of carboxylic acid groups (broad SMARTS) is 1. The third-order valence-corrected chi connectivity index (χ3v) is 10.1. The highest BCUT2D eigenvalue weighted by Crippen LogP contribution is 2.40. The van der Waals surface area contributed by atoms with Crippen molar-refractivity contribution >= 4 is 52.4 Å². The van der Waals surface area contributed by atoms with E-state index in [2.05, 4.69) is 27.7 Å². The summed E-state index contributed by atoms with van der Waals surface area (Å²) in [6, 6.07) is 17.8. The Bertz CT molecular complexity index is 1880. The number of halogens is 1. The van der Waals surface area contributed by atoms with Gasteiger partial charge in [0, 0.05) is 46.9 Å². The number of carbonyl (C=O) groups excluding carboxylic acids is 1. The van der Waals surface area contributed by atoms with Gasteiger partial charge in [-0.3, -0.25) is 9.59 Å². The summed E-state index contributed by atoms with van der Waals surface area (Å²) in [7, 11) is 0. The molecule has 0 unspecified atom stereocenters. The normalized spacial score (nSPS) is 13.7. The highest BCUT2D eigenvalue weighted by atomic mass is 35.5. The van der Waals surface area contributed by atoms with Gasteiger partial charge < -0.3 is 25.4 Å². The molecule has 5 rings (SSSR count). The van der Waals surface area contributed by atoms with Crippen LogP contribution in [0.1, 0.15) is 43.5 Å². The Hall–Kier alpha value is -4.66. The molecule has 4 aromatic rings. The molecule has 0 aliphatic carbocycles. The van der Waals surface area contributed by atoms with E-state index in [1.807, 2.05) is 41.8 Å². The number of anilines is 1. The lowest BCUT2D eigenvalue weighted by atomic mass is 9.96. The largest absolute Gasteiger partial charge is 0.492 e. The standard InChI is InChI=1S/C35H34ClN7O4S2/c1-21(32(44)40-22(2)35(45)46)39-13-16-47-27-11-7-23(8-12-27)30-28(17-37)31(43-14-3-4-15-43)42-34(29(30)18-38)49-20-26-19-48-33(41-26)24-5-9-25(36)10-6-24/h5-12,19,21-22,39H,3-4,13-16,20H2,1-2H3,(H,40,44)(H,45,46)/t21-,22-/m0/s1. The average molecular weight is 716 g/mol. The number of nitriles is 2. The van der Waals surface area contributed by atoms with Crippen molar-refractivity contribution in [3.05, 3.63) is 75.8 Å². The van der Waals surface area contributed by atoms with Gasteiger partial charge in [-0.15, -0.1) is 11.3 Å². The smallest absolute Gasteiger partial charge is 0.325 e. The summed E-state index contributed by atoms with van der Waals surface area (Å²) in [5.74, 6) is 0.126. The predicted molar refractivity (Wildman–Crippen MR) is 191 cm³/mol. The lowest BCUT2D eigenvalue weighted by Gasteiger charge is -2.22. The second-order valence-corrected chi connectivity index (χ2v) is 13.6. The van der Waals surface area contributed by atoms with Crippen LogP contribution in [-0.2, 0) is 15.3 Å².